The summed E-state index contributed by atoms with van der Waals surface area (Å²) in [5.41, 5.74) is 0. The van der Waals surface area contributed by atoms with Crippen LogP contribution in [0, 0.1) is 5.92 Å². The number of hydrogen-bond acceptors (Lipinski definition) is 4. The summed E-state index contributed by atoms with van der Waals surface area (Å²) in [5.74, 6) is 1.93. The van der Waals surface area contributed by atoms with Crippen LogP contribution in [0.5, 0.6) is 5.75 Å². The van der Waals surface area contributed by atoms with E-state index in [1.807, 2.05) is 29.2 Å². The number of likely N-dealkylation sites (tertiary alicyclic amines) is 1. The summed E-state index contributed by atoms with van der Waals surface area (Å²) in [6.45, 7) is 1.69. The van der Waals surface area contributed by atoms with Crippen LogP contribution in [0.4, 0.5) is 0 Å². The number of nitrogens with one attached hydrogen (secondary N) is 1. The normalized spacial score (nSPS) is 18.0. The number of carbonyl (C=O) groups is 2. The highest BCUT2D eigenvalue weighted by molar-refractivity contribution is 9.10. The first-order valence-electron chi connectivity index (χ1n) is 11.2. The molecule has 2 heterocycles. The molecule has 1 aliphatic heterocycles. The van der Waals surface area contributed by atoms with Crippen LogP contribution in [0.1, 0.15) is 61.3 Å². The Labute approximate surface area is 191 Å². The number of ether oxygens (including phenoxy) is 1. The molecule has 1 aromatic carbocycles. The number of amides is 2. The molecule has 166 valence electrons. The Morgan fingerprint density at radius 3 is 2.42 bits per heavy atom. The van der Waals surface area contributed by atoms with Crippen molar-refractivity contribution in [2.45, 2.75) is 57.6 Å². The van der Waals surface area contributed by atoms with Crippen LogP contribution in [-0.4, -0.2) is 35.8 Å². The van der Waals surface area contributed by atoms with Crippen LogP contribution in [0.3, 0.4) is 0 Å². The predicted octanol–water partition coefficient (Wildman–Crippen LogP) is 4.92. The number of benzene rings is 1. The number of rotatable bonds is 6. The Balaban J connectivity index is 1.22. The van der Waals surface area contributed by atoms with E-state index in [9.17, 15) is 9.59 Å². The largest absolute Gasteiger partial charge is 0.486 e. The highest BCUT2D eigenvalue weighted by Gasteiger charge is 2.29. The maximum absolute atomic E-state index is 12.7. The zero-order chi connectivity index (χ0) is 21.6. The minimum absolute atomic E-state index is 0.0653. The van der Waals surface area contributed by atoms with E-state index in [2.05, 4.69) is 21.2 Å². The quantitative estimate of drug-likeness (QED) is 0.625. The second kappa shape index (κ2) is 10.4. The average molecular weight is 489 g/mol. The Bertz CT molecular complexity index is 881. The molecule has 2 amide bonds. The van der Waals surface area contributed by atoms with Gasteiger partial charge < -0.3 is 19.4 Å². The lowest BCUT2D eigenvalue weighted by Gasteiger charge is -2.35. The fourth-order valence-electron chi connectivity index (χ4n) is 4.37. The van der Waals surface area contributed by atoms with Gasteiger partial charge in [0.1, 0.15) is 18.1 Å². The number of nitrogens with zero attached hydrogens (tertiary/aromatic N) is 1. The molecule has 1 aliphatic carbocycles. The molecule has 1 aromatic heterocycles. The number of carbonyl (C=O) groups excluding carboxylic acids is 2. The van der Waals surface area contributed by atoms with Crippen molar-refractivity contribution < 1.29 is 18.7 Å². The minimum atomic E-state index is -0.216. The van der Waals surface area contributed by atoms with Gasteiger partial charge in [-0.05, 0) is 62.1 Å². The fraction of sp³-hybridized carbons (Fsp3) is 0.500. The van der Waals surface area contributed by atoms with E-state index in [0.717, 1.165) is 35.9 Å². The SMILES string of the molecule is O=C(NC1CCN(C(=O)C2CCCCC2)CC1)c1ccc(COc2ccc(Br)cc2)o1. The average Bonchev–Trinajstić information content (AvgIpc) is 3.29. The first-order valence-corrected chi connectivity index (χ1v) is 11.9. The van der Waals surface area contributed by atoms with Crippen molar-refractivity contribution in [3.05, 3.63) is 52.4 Å². The Hall–Kier alpha value is -2.28. The van der Waals surface area contributed by atoms with Gasteiger partial charge >= 0.3 is 0 Å². The van der Waals surface area contributed by atoms with Gasteiger partial charge in [-0.1, -0.05) is 35.2 Å². The van der Waals surface area contributed by atoms with Crippen LogP contribution in [-0.2, 0) is 11.4 Å². The third-order valence-electron chi connectivity index (χ3n) is 6.18. The second-order valence-corrected chi connectivity index (χ2v) is 9.33. The van der Waals surface area contributed by atoms with Crippen molar-refractivity contribution in [1.82, 2.24) is 10.2 Å². The zero-order valence-electron chi connectivity index (χ0n) is 17.6. The summed E-state index contributed by atoms with van der Waals surface area (Å²) in [4.78, 5) is 27.3. The van der Waals surface area contributed by atoms with Crippen LogP contribution in [0.15, 0.2) is 45.3 Å². The molecule has 2 aliphatic rings. The van der Waals surface area contributed by atoms with Gasteiger partial charge in [0.2, 0.25) is 5.91 Å². The van der Waals surface area contributed by atoms with Gasteiger partial charge in [0.05, 0.1) is 0 Å². The Morgan fingerprint density at radius 1 is 1.00 bits per heavy atom. The molecular formula is C24H29BrN2O4. The van der Waals surface area contributed by atoms with Crippen molar-refractivity contribution in [2.75, 3.05) is 13.1 Å². The molecule has 0 spiro atoms. The molecule has 0 radical (unpaired) electrons. The summed E-state index contributed by atoms with van der Waals surface area (Å²) >= 11 is 3.39. The molecule has 6 nitrogen and oxygen atoms in total. The third-order valence-corrected chi connectivity index (χ3v) is 6.71. The highest BCUT2D eigenvalue weighted by atomic mass is 79.9. The molecule has 31 heavy (non-hydrogen) atoms. The van der Waals surface area contributed by atoms with Crippen molar-refractivity contribution in [3.8, 4) is 5.75 Å². The second-order valence-electron chi connectivity index (χ2n) is 8.42. The van der Waals surface area contributed by atoms with E-state index in [1.54, 1.807) is 12.1 Å². The fourth-order valence-corrected chi connectivity index (χ4v) is 4.64. The van der Waals surface area contributed by atoms with Crippen LogP contribution in [0.25, 0.3) is 0 Å². The zero-order valence-corrected chi connectivity index (χ0v) is 19.2. The topological polar surface area (TPSA) is 71.8 Å². The number of halogens is 1. The summed E-state index contributed by atoms with van der Waals surface area (Å²) in [5, 5.41) is 3.05. The number of piperidine rings is 1. The van der Waals surface area contributed by atoms with Gasteiger partial charge in [0.25, 0.3) is 5.91 Å². The van der Waals surface area contributed by atoms with Crippen LogP contribution in [0.2, 0.25) is 0 Å². The molecule has 1 saturated carbocycles. The lowest BCUT2D eigenvalue weighted by Crippen LogP contribution is -2.48. The van der Waals surface area contributed by atoms with Gasteiger partial charge in [0.15, 0.2) is 5.76 Å². The van der Waals surface area contributed by atoms with E-state index >= 15 is 0 Å². The molecule has 0 bridgehead atoms. The van der Waals surface area contributed by atoms with E-state index < -0.39 is 0 Å². The molecule has 2 fully saturated rings. The maximum Gasteiger partial charge on any atom is 0.287 e. The molecule has 1 N–H and O–H groups in total. The monoisotopic (exact) mass is 488 g/mol. The predicted molar refractivity (Wildman–Crippen MR) is 121 cm³/mol. The highest BCUT2D eigenvalue weighted by Crippen LogP contribution is 2.26. The maximum atomic E-state index is 12.7. The minimum Gasteiger partial charge on any atom is -0.486 e. The van der Waals surface area contributed by atoms with Crippen molar-refractivity contribution in [1.29, 1.82) is 0 Å². The molecule has 7 heteroatoms. The molecule has 0 unspecified atom stereocenters. The van der Waals surface area contributed by atoms with E-state index in [1.165, 1.54) is 19.3 Å². The van der Waals surface area contributed by atoms with Crippen molar-refractivity contribution in [2.24, 2.45) is 5.92 Å². The van der Waals surface area contributed by atoms with Crippen molar-refractivity contribution in [3.63, 3.8) is 0 Å². The van der Waals surface area contributed by atoms with Gasteiger partial charge in [-0.25, -0.2) is 0 Å². The summed E-state index contributed by atoms with van der Waals surface area (Å²) < 4.78 is 12.3. The third kappa shape index (κ3) is 5.91. The van der Waals surface area contributed by atoms with E-state index in [-0.39, 0.29) is 30.2 Å². The summed E-state index contributed by atoms with van der Waals surface area (Å²) in [6.07, 6.45) is 7.21. The lowest BCUT2D eigenvalue weighted by atomic mass is 9.87. The number of furan rings is 1. The van der Waals surface area contributed by atoms with Gasteiger partial charge in [-0.2, -0.15) is 0 Å². The van der Waals surface area contributed by atoms with E-state index in [4.69, 9.17) is 9.15 Å². The molecule has 1 saturated heterocycles. The number of hydrogen-bond donors (Lipinski definition) is 1. The summed E-state index contributed by atoms with van der Waals surface area (Å²) in [6, 6.07) is 11.1. The molecule has 0 atom stereocenters. The van der Waals surface area contributed by atoms with Gasteiger partial charge in [0, 0.05) is 29.5 Å². The first-order chi connectivity index (χ1) is 15.1. The van der Waals surface area contributed by atoms with Gasteiger partial charge in [-0.15, -0.1) is 0 Å². The van der Waals surface area contributed by atoms with E-state index in [0.29, 0.717) is 24.8 Å². The summed E-state index contributed by atoms with van der Waals surface area (Å²) in [7, 11) is 0. The van der Waals surface area contributed by atoms with Gasteiger partial charge in [-0.3, -0.25) is 9.59 Å². The molecule has 2 aromatic rings. The standard InChI is InChI=1S/C24H29BrN2O4/c25-18-6-8-20(9-7-18)30-16-21-10-11-22(31-21)23(28)26-19-12-14-27(15-13-19)24(29)17-4-2-1-3-5-17/h6-11,17,19H,1-5,12-16H2,(H,26,28). The molecule has 4 rings (SSSR count). The first kappa shape index (κ1) is 21.9. The Morgan fingerprint density at radius 2 is 1.71 bits per heavy atom. The van der Waals surface area contributed by atoms with Crippen LogP contribution < -0.4 is 10.1 Å². The Kier molecular flexibility index (Phi) is 7.33. The van der Waals surface area contributed by atoms with Crippen LogP contribution >= 0.6 is 15.9 Å². The lowest BCUT2D eigenvalue weighted by molar-refractivity contribution is -0.137. The molecular weight excluding hydrogens is 460 g/mol. The van der Waals surface area contributed by atoms with Crippen molar-refractivity contribution >= 4 is 27.7 Å². The smallest absolute Gasteiger partial charge is 0.287 e.